The van der Waals surface area contributed by atoms with Crippen molar-refractivity contribution in [3.05, 3.63) is 64.3 Å². The number of hydrogen-bond donors (Lipinski definition) is 0. The summed E-state index contributed by atoms with van der Waals surface area (Å²) in [5, 5.41) is 5.26. The monoisotopic (exact) mass is 470 g/mol. The molecule has 1 fully saturated rings. The molecule has 3 aromatic rings. The number of halogens is 1. The van der Waals surface area contributed by atoms with Crippen LogP contribution in [0.5, 0.6) is 11.6 Å². The van der Waals surface area contributed by atoms with E-state index in [2.05, 4.69) is 10.1 Å². The van der Waals surface area contributed by atoms with Crippen LogP contribution in [0.25, 0.3) is 0 Å². The molecule has 3 heterocycles. The first-order valence-corrected chi connectivity index (χ1v) is 12.4. The van der Waals surface area contributed by atoms with Crippen molar-refractivity contribution < 1.29 is 13.2 Å². The fraction of sp³-hybridized carbons (Fsp3) is 0.304. The maximum Gasteiger partial charge on any atom is 0.243 e. The summed E-state index contributed by atoms with van der Waals surface area (Å²) in [6.07, 6.45) is 4.53. The molecule has 0 bridgehead atoms. The Labute approximate surface area is 192 Å². The molecule has 2 aromatic carbocycles. The number of aromatic nitrogens is 2. The highest BCUT2D eigenvalue weighted by Crippen LogP contribution is 2.39. The SMILES string of the molecule is Cc1nn(Cc2ccccc2Cl)c2c1C=Nc1cc(S(=O)(=O)N3CCCCC3)ccc1O2. The summed E-state index contributed by atoms with van der Waals surface area (Å²) in [4.78, 5) is 4.77. The second-order valence-corrected chi connectivity index (χ2v) is 10.4. The number of aryl methyl sites for hydroxylation is 1. The lowest BCUT2D eigenvalue weighted by atomic mass is 10.2. The van der Waals surface area contributed by atoms with Crippen LogP contribution in [-0.2, 0) is 16.6 Å². The third-order valence-electron chi connectivity index (χ3n) is 5.83. The summed E-state index contributed by atoms with van der Waals surface area (Å²) >= 11 is 6.33. The third-order valence-corrected chi connectivity index (χ3v) is 8.09. The van der Waals surface area contributed by atoms with Gasteiger partial charge in [0.2, 0.25) is 15.9 Å². The first-order chi connectivity index (χ1) is 15.4. The maximum atomic E-state index is 13.1. The molecular formula is C23H23ClN4O3S. The molecule has 166 valence electrons. The lowest BCUT2D eigenvalue weighted by molar-refractivity contribution is 0.346. The zero-order chi connectivity index (χ0) is 22.3. The molecule has 7 nitrogen and oxygen atoms in total. The molecule has 0 N–H and O–H groups in total. The molecule has 0 radical (unpaired) electrons. The standard InChI is InChI=1S/C23H23ClN4O3S/c1-16-19-14-25-21-13-18(32(29,30)27-11-5-2-6-12-27)9-10-22(21)31-23(19)28(26-16)15-17-7-3-4-8-20(17)24/h3-4,7-10,13-14H,2,5-6,11-12,15H2,1H3. The smallest absolute Gasteiger partial charge is 0.243 e. The number of hydrogen-bond acceptors (Lipinski definition) is 5. The molecule has 0 unspecified atom stereocenters. The van der Waals surface area contributed by atoms with Crippen LogP contribution in [0, 0.1) is 6.92 Å². The van der Waals surface area contributed by atoms with Gasteiger partial charge in [0.05, 0.1) is 22.7 Å². The molecule has 0 saturated carbocycles. The van der Waals surface area contributed by atoms with Crippen molar-refractivity contribution in [2.75, 3.05) is 13.1 Å². The molecule has 5 rings (SSSR count). The molecular weight excluding hydrogens is 448 g/mol. The topological polar surface area (TPSA) is 76.8 Å². The number of benzene rings is 2. The van der Waals surface area contributed by atoms with Gasteiger partial charge in [-0.25, -0.2) is 13.1 Å². The van der Waals surface area contributed by atoms with Gasteiger partial charge in [-0.15, -0.1) is 0 Å². The van der Waals surface area contributed by atoms with Gasteiger partial charge in [0.1, 0.15) is 5.69 Å². The van der Waals surface area contributed by atoms with Crippen LogP contribution in [0.3, 0.4) is 0 Å². The minimum absolute atomic E-state index is 0.235. The summed E-state index contributed by atoms with van der Waals surface area (Å²) in [5.74, 6) is 1.04. The molecule has 2 aliphatic heterocycles. The third kappa shape index (κ3) is 3.83. The fourth-order valence-electron chi connectivity index (χ4n) is 4.06. The summed E-state index contributed by atoms with van der Waals surface area (Å²) in [6.45, 7) is 3.45. The van der Waals surface area contributed by atoms with Gasteiger partial charge >= 0.3 is 0 Å². The number of piperidine rings is 1. The highest BCUT2D eigenvalue weighted by Gasteiger charge is 2.28. The van der Waals surface area contributed by atoms with Crippen molar-refractivity contribution in [3.63, 3.8) is 0 Å². The van der Waals surface area contributed by atoms with E-state index in [-0.39, 0.29) is 4.90 Å². The predicted molar refractivity (Wildman–Crippen MR) is 124 cm³/mol. The maximum absolute atomic E-state index is 13.1. The van der Waals surface area contributed by atoms with Crippen molar-refractivity contribution in [3.8, 4) is 11.6 Å². The van der Waals surface area contributed by atoms with E-state index in [1.165, 1.54) is 0 Å². The van der Waals surface area contributed by atoms with Gasteiger partial charge in [-0.05, 0) is 49.6 Å². The largest absolute Gasteiger partial charge is 0.436 e. The molecule has 2 aliphatic rings. The Balaban J connectivity index is 1.49. The van der Waals surface area contributed by atoms with E-state index in [1.807, 2.05) is 31.2 Å². The number of fused-ring (bicyclic) bond motifs is 2. The van der Waals surface area contributed by atoms with Crippen molar-refractivity contribution in [1.82, 2.24) is 14.1 Å². The molecule has 0 atom stereocenters. The van der Waals surface area contributed by atoms with E-state index in [9.17, 15) is 8.42 Å². The zero-order valence-electron chi connectivity index (χ0n) is 17.7. The minimum Gasteiger partial charge on any atom is -0.436 e. The Morgan fingerprint density at radius 2 is 1.88 bits per heavy atom. The summed E-state index contributed by atoms with van der Waals surface area (Å²) in [7, 11) is -3.55. The minimum atomic E-state index is -3.55. The van der Waals surface area contributed by atoms with Gasteiger partial charge in [-0.3, -0.25) is 4.99 Å². The average Bonchev–Trinajstić information content (AvgIpc) is 2.96. The van der Waals surface area contributed by atoms with Crippen molar-refractivity contribution >= 4 is 33.5 Å². The van der Waals surface area contributed by atoms with Gasteiger partial charge < -0.3 is 4.74 Å². The van der Waals surface area contributed by atoms with Crippen LogP contribution in [-0.4, -0.2) is 41.8 Å². The molecule has 1 aromatic heterocycles. The van der Waals surface area contributed by atoms with E-state index in [0.717, 1.165) is 36.1 Å². The van der Waals surface area contributed by atoms with Gasteiger partial charge in [-0.1, -0.05) is 36.2 Å². The van der Waals surface area contributed by atoms with E-state index in [1.54, 1.807) is 33.4 Å². The first-order valence-electron chi connectivity index (χ1n) is 10.6. The Hall–Kier alpha value is -2.68. The van der Waals surface area contributed by atoms with Gasteiger partial charge in [0.25, 0.3) is 0 Å². The molecule has 1 saturated heterocycles. The number of rotatable bonds is 4. The van der Waals surface area contributed by atoms with Gasteiger partial charge in [-0.2, -0.15) is 9.40 Å². The second kappa shape index (κ2) is 8.35. The van der Waals surface area contributed by atoms with Crippen LogP contribution >= 0.6 is 11.6 Å². The Morgan fingerprint density at radius 3 is 2.66 bits per heavy atom. The predicted octanol–water partition coefficient (Wildman–Crippen LogP) is 4.92. The lowest BCUT2D eigenvalue weighted by Gasteiger charge is -2.26. The number of sulfonamides is 1. The van der Waals surface area contributed by atoms with Gasteiger partial charge in [0.15, 0.2) is 5.75 Å². The van der Waals surface area contributed by atoms with Crippen LogP contribution < -0.4 is 4.74 Å². The lowest BCUT2D eigenvalue weighted by Crippen LogP contribution is -2.35. The quantitative estimate of drug-likeness (QED) is 0.424. The molecule has 32 heavy (non-hydrogen) atoms. The zero-order valence-corrected chi connectivity index (χ0v) is 19.2. The van der Waals surface area contributed by atoms with Crippen LogP contribution in [0.15, 0.2) is 52.4 Å². The molecule has 0 aliphatic carbocycles. The fourth-order valence-corrected chi connectivity index (χ4v) is 5.80. The first kappa shape index (κ1) is 21.2. The number of nitrogens with zero attached hydrogens (tertiary/aromatic N) is 4. The van der Waals surface area contributed by atoms with Crippen molar-refractivity contribution in [2.24, 2.45) is 4.99 Å². The Morgan fingerprint density at radius 1 is 1.09 bits per heavy atom. The van der Waals surface area contributed by atoms with Crippen LogP contribution in [0.1, 0.15) is 36.1 Å². The second-order valence-electron chi connectivity index (χ2n) is 8.01. The van der Waals surface area contributed by atoms with Crippen molar-refractivity contribution in [2.45, 2.75) is 37.6 Å². The molecule has 9 heteroatoms. The number of aliphatic imine (C=N–C) groups is 1. The molecule has 0 spiro atoms. The highest BCUT2D eigenvalue weighted by molar-refractivity contribution is 7.89. The van der Waals surface area contributed by atoms with Crippen LogP contribution in [0.4, 0.5) is 5.69 Å². The van der Waals surface area contributed by atoms with Crippen molar-refractivity contribution in [1.29, 1.82) is 0 Å². The Kier molecular flexibility index (Phi) is 5.53. The highest BCUT2D eigenvalue weighted by atomic mass is 35.5. The summed E-state index contributed by atoms with van der Waals surface area (Å²) in [6, 6.07) is 12.4. The number of ether oxygens (including phenoxy) is 1. The van der Waals surface area contributed by atoms with E-state index < -0.39 is 10.0 Å². The summed E-state index contributed by atoms with van der Waals surface area (Å²) < 4.78 is 35.7. The molecule has 0 amide bonds. The van der Waals surface area contributed by atoms with Crippen LogP contribution in [0.2, 0.25) is 5.02 Å². The Bertz CT molecular complexity index is 1310. The average molecular weight is 471 g/mol. The van der Waals surface area contributed by atoms with Gasteiger partial charge in [0, 0.05) is 24.3 Å². The van der Waals surface area contributed by atoms with E-state index >= 15 is 0 Å². The summed E-state index contributed by atoms with van der Waals surface area (Å²) in [5.41, 5.74) is 2.92. The van der Waals surface area contributed by atoms with E-state index in [4.69, 9.17) is 16.3 Å². The normalized spacial score (nSPS) is 16.2. The van der Waals surface area contributed by atoms with E-state index in [0.29, 0.717) is 42.0 Å².